The molecule has 0 atom stereocenters. The fraction of sp³-hybridized carbons (Fsp3) is 0.231. The zero-order chi connectivity index (χ0) is 11.5. The molecule has 0 bridgehead atoms. The zero-order valence-corrected chi connectivity index (χ0v) is 9.09. The molecular weight excluding hydrogens is 203 g/mol. The van der Waals surface area contributed by atoms with Gasteiger partial charge in [0.1, 0.15) is 11.6 Å². The van der Waals surface area contributed by atoms with Gasteiger partial charge in [0.25, 0.3) is 0 Å². The molecule has 1 saturated carbocycles. The minimum Gasteiger partial charge on any atom is -0.385 e. The van der Waals surface area contributed by atoms with Crippen molar-refractivity contribution < 1.29 is 4.39 Å². The van der Waals surface area contributed by atoms with E-state index in [1.165, 1.54) is 12.1 Å². The van der Waals surface area contributed by atoms with Gasteiger partial charge < -0.3 is 11.1 Å². The molecule has 16 heavy (non-hydrogen) atoms. The molecule has 0 heterocycles. The van der Waals surface area contributed by atoms with E-state index in [1.54, 1.807) is 12.1 Å². The van der Waals surface area contributed by atoms with Crippen LogP contribution in [-0.4, -0.2) is 0 Å². The summed E-state index contributed by atoms with van der Waals surface area (Å²) < 4.78 is 12.7. The van der Waals surface area contributed by atoms with Gasteiger partial charge in [-0.1, -0.05) is 6.58 Å². The molecule has 0 aliphatic heterocycles. The van der Waals surface area contributed by atoms with Gasteiger partial charge in [-0.15, -0.1) is 0 Å². The van der Waals surface area contributed by atoms with Gasteiger partial charge in [-0.3, -0.25) is 0 Å². The second kappa shape index (κ2) is 4.39. The summed E-state index contributed by atoms with van der Waals surface area (Å²) in [6.07, 6.45) is 3.10. The third kappa shape index (κ3) is 2.24. The number of nitrogens with one attached hydrogen (secondary N) is 1. The summed E-state index contributed by atoms with van der Waals surface area (Å²) in [6, 6.07) is 6.15. The highest BCUT2D eigenvalue weighted by atomic mass is 19.1. The van der Waals surface area contributed by atoms with E-state index in [-0.39, 0.29) is 5.82 Å². The molecule has 3 N–H and O–H groups in total. The number of nitrogens with two attached hydrogens (primary N) is 1. The molecular formula is C13H15FN2. The lowest BCUT2D eigenvalue weighted by molar-refractivity contribution is 0.628. The average Bonchev–Trinajstić information content (AvgIpc) is 2.68. The van der Waals surface area contributed by atoms with Crippen molar-refractivity contribution >= 4 is 5.69 Å². The van der Waals surface area contributed by atoms with E-state index in [9.17, 15) is 4.39 Å². The Bertz CT molecular complexity index is 432. The molecule has 1 aliphatic carbocycles. The summed E-state index contributed by atoms with van der Waals surface area (Å²) in [5.41, 5.74) is 8.96. The van der Waals surface area contributed by atoms with E-state index >= 15 is 0 Å². The Morgan fingerprint density at radius 3 is 2.50 bits per heavy atom. The molecule has 1 aromatic carbocycles. The van der Waals surface area contributed by atoms with Crippen molar-refractivity contribution in [3.05, 3.63) is 53.6 Å². The predicted octanol–water partition coefficient (Wildman–Crippen LogP) is 3.15. The van der Waals surface area contributed by atoms with E-state index in [0.29, 0.717) is 5.82 Å². The van der Waals surface area contributed by atoms with Crippen molar-refractivity contribution in [2.24, 2.45) is 5.73 Å². The average molecular weight is 218 g/mol. The summed E-state index contributed by atoms with van der Waals surface area (Å²) in [7, 11) is 0. The molecule has 84 valence electrons. The molecule has 0 aromatic heterocycles. The highest BCUT2D eigenvalue weighted by Crippen LogP contribution is 2.30. The van der Waals surface area contributed by atoms with Crippen LogP contribution in [0.15, 0.2) is 47.8 Å². The van der Waals surface area contributed by atoms with Gasteiger partial charge >= 0.3 is 0 Å². The van der Waals surface area contributed by atoms with Crippen molar-refractivity contribution in [3.8, 4) is 0 Å². The van der Waals surface area contributed by atoms with E-state index in [0.717, 1.165) is 36.1 Å². The SMILES string of the molecule is C=C1CCC/C1=C(\N)Nc1ccc(F)cc1. The molecule has 0 saturated heterocycles. The van der Waals surface area contributed by atoms with Crippen LogP contribution >= 0.6 is 0 Å². The number of halogens is 1. The van der Waals surface area contributed by atoms with Crippen molar-refractivity contribution in [2.45, 2.75) is 19.3 Å². The van der Waals surface area contributed by atoms with Crippen molar-refractivity contribution in [2.75, 3.05) is 5.32 Å². The van der Waals surface area contributed by atoms with Crippen LogP contribution in [0.3, 0.4) is 0 Å². The number of rotatable bonds is 2. The smallest absolute Gasteiger partial charge is 0.123 e. The lowest BCUT2D eigenvalue weighted by atomic mass is 10.1. The third-order valence-electron chi connectivity index (χ3n) is 2.78. The number of hydrogen-bond acceptors (Lipinski definition) is 2. The van der Waals surface area contributed by atoms with E-state index in [2.05, 4.69) is 11.9 Å². The van der Waals surface area contributed by atoms with Gasteiger partial charge in [0, 0.05) is 5.69 Å². The molecule has 0 radical (unpaired) electrons. The molecule has 1 fully saturated rings. The van der Waals surface area contributed by atoms with Gasteiger partial charge in [-0.2, -0.15) is 0 Å². The number of hydrogen-bond donors (Lipinski definition) is 2. The first-order valence-electron chi connectivity index (χ1n) is 5.36. The van der Waals surface area contributed by atoms with E-state index < -0.39 is 0 Å². The Hall–Kier alpha value is -1.77. The van der Waals surface area contributed by atoms with Gasteiger partial charge in [0.05, 0.1) is 0 Å². The summed E-state index contributed by atoms with van der Waals surface area (Å²) in [5.74, 6) is 0.385. The van der Waals surface area contributed by atoms with Crippen LogP contribution in [-0.2, 0) is 0 Å². The first kappa shape index (κ1) is 10.7. The Balaban J connectivity index is 2.15. The third-order valence-corrected chi connectivity index (χ3v) is 2.78. The number of benzene rings is 1. The van der Waals surface area contributed by atoms with Crippen LogP contribution in [0.5, 0.6) is 0 Å². The van der Waals surface area contributed by atoms with Crippen molar-refractivity contribution in [3.63, 3.8) is 0 Å². The van der Waals surface area contributed by atoms with Gasteiger partial charge in [0.15, 0.2) is 0 Å². The lowest BCUT2D eigenvalue weighted by Gasteiger charge is -2.10. The molecule has 2 rings (SSSR count). The predicted molar refractivity (Wildman–Crippen MR) is 64.2 cm³/mol. The van der Waals surface area contributed by atoms with Gasteiger partial charge in [-0.05, 0) is 54.7 Å². The summed E-state index contributed by atoms with van der Waals surface area (Å²) in [5, 5.41) is 3.07. The number of anilines is 1. The molecule has 3 heteroatoms. The largest absolute Gasteiger partial charge is 0.385 e. The summed E-state index contributed by atoms with van der Waals surface area (Å²) in [6.45, 7) is 3.97. The van der Waals surface area contributed by atoms with Crippen LogP contribution in [0, 0.1) is 5.82 Å². The van der Waals surface area contributed by atoms with Crippen LogP contribution in [0.2, 0.25) is 0 Å². The Labute approximate surface area is 94.7 Å². The summed E-state index contributed by atoms with van der Waals surface area (Å²) >= 11 is 0. The van der Waals surface area contributed by atoms with Crippen molar-refractivity contribution in [1.82, 2.24) is 0 Å². The van der Waals surface area contributed by atoms with E-state index in [4.69, 9.17) is 5.73 Å². The second-order valence-corrected chi connectivity index (χ2v) is 3.98. The Morgan fingerprint density at radius 1 is 1.25 bits per heavy atom. The Kier molecular flexibility index (Phi) is 2.95. The topological polar surface area (TPSA) is 38.0 Å². The van der Waals surface area contributed by atoms with Gasteiger partial charge in [-0.25, -0.2) is 4.39 Å². The maximum atomic E-state index is 12.7. The molecule has 0 unspecified atom stereocenters. The second-order valence-electron chi connectivity index (χ2n) is 3.98. The highest BCUT2D eigenvalue weighted by molar-refractivity contribution is 5.51. The highest BCUT2D eigenvalue weighted by Gasteiger charge is 2.14. The molecule has 1 aromatic rings. The fourth-order valence-corrected chi connectivity index (χ4v) is 1.90. The standard InChI is InChI=1S/C13H15FN2/c1-9-3-2-4-12(9)13(15)16-11-7-5-10(14)6-8-11/h5-8,16H,1-4,15H2/b13-12-. The normalized spacial score (nSPS) is 18.7. The van der Waals surface area contributed by atoms with Crippen molar-refractivity contribution in [1.29, 1.82) is 0 Å². The van der Waals surface area contributed by atoms with E-state index in [1.807, 2.05) is 0 Å². The monoisotopic (exact) mass is 218 g/mol. The molecule has 0 spiro atoms. The van der Waals surface area contributed by atoms with Crippen LogP contribution in [0.1, 0.15) is 19.3 Å². The Morgan fingerprint density at radius 2 is 1.94 bits per heavy atom. The molecule has 2 nitrogen and oxygen atoms in total. The quantitative estimate of drug-likeness (QED) is 0.800. The maximum Gasteiger partial charge on any atom is 0.123 e. The fourth-order valence-electron chi connectivity index (χ4n) is 1.90. The maximum absolute atomic E-state index is 12.7. The first-order valence-corrected chi connectivity index (χ1v) is 5.36. The van der Waals surface area contributed by atoms with Crippen LogP contribution in [0.4, 0.5) is 10.1 Å². The lowest BCUT2D eigenvalue weighted by Crippen LogP contribution is -2.12. The minimum atomic E-state index is -0.248. The minimum absolute atomic E-state index is 0.248. The van der Waals surface area contributed by atoms with Gasteiger partial charge in [0.2, 0.25) is 0 Å². The first-order chi connectivity index (χ1) is 7.66. The number of allylic oxidation sites excluding steroid dienone is 2. The molecule has 0 amide bonds. The van der Waals surface area contributed by atoms with Crippen LogP contribution in [0.25, 0.3) is 0 Å². The van der Waals surface area contributed by atoms with Crippen LogP contribution < -0.4 is 11.1 Å². The summed E-state index contributed by atoms with van der Waals surface area (Å²) in [4.78, 5) is 0. The zero-order valence-electron chi connectivity index (χ0n) is 9.09. The molecule has 1 aliphatic rings.